The standard InChI is InChI=1S/C33H26N2O4/c36-28-17-24(20-7-3-1-4-8-20)16-27-31(28)32(22-12-14-29-30(18-22)39-19-38-29)35-25-13-11-23(15-26(25)34-27)33(37)21-9-5-2-6-10-21/h1-15,18,24,32,34-35H,16-17,19H2/t24-,32+/m1/s1. The van der Waals surface area contributed by atoms with Crippen LogP contribution in [-0.4, -0.2) is 18.4 Å². The minimum atomic E-state index is -0.386. The van der Waals surface area contributed by atoms with Gasteiger partial charge in [-0.3, -0.25) is 9.59 Å². The smallest absolute Gasteiger partial charge is 0.231 e. The first-order valence-electron chi connectivity index (χ1n) is 13.1. The summed E-state index contributed by atoms with van der Waals surface area (Å²) >= 11 is 0. The zero-order valence-corrected chi connectivity index (χ0v) is 21.1. The molecule has 39 heavy (non-hydrogen) atoms. The minimum Gasteiger partial charge on any atom is -0.454 e. The Morgan fingerprint density at radius 1 is 0.718 bits per heavy atom. The number of carbonyl (C=O) groups is 2. The van der Waals surface area contributed by atoms with Gasteiger partial charge in [0.05, 0.1) is 17.4 Å². The van der Waals surface area contributed by atoms with Crippen molar-refractivity contribution in [3.8, 4) is 11.5 Å². The predicted molar refractivity (Wildman–Crippen MR) is 149 cm³/mol. The van der Waals surface area contributed by atoms with E-state index >= 15 is 0 Å². The molecule has 7 rings (SSSR count). The van der Waals surface area contributed by atoms with Gasteiger partial charge in [-0.2, -0.15) is 0 Å². The van der Waals surface area contributed by atoms with E-state index in [9.17, 15) is 9.59 Å². The van der Waals surface area contributed by atoms with Gasteiger partial charge in [0.2, 0.25) is 6.79 Å². The molecule has 0 aromatic heterocycles. The fourth-order valence-corrected chi connectivity index (χ4v) is 5.75. The summed E-state index contributed by atoms with van der Waals surface area (Å²) in [5.41, 5.74) is 6.46. The van der Waals surface area contributed by atoms with Crippen molar-refractivity contribution in [2.45, 2.75) is 24.8 Å². The molecule has 0 amide bonds. The van der Waals surface area contributed by atoms with Gasteiger partial charge in [-0.1, -0.05) is 66.7 Å². The Morgan fingerprint density at radius 2 is 1.49 bits per heavy atom. The third kappa shape index (κ3) is 4.24. The monoisotopic (exact) mass is 514 g/mol. The Balaban J connectivity index is 1.32. The number of Topliss-reactive ketones (excluding diaryl/α,β-unsaturated/α-hetero) is 1. The molecule has 192 valence electrons. The van der Waals surface area contributed by atoms with Gasteiger partial charge >= 0.3 is 0 Å². The fraction of sp³-hybridized carbons (Fsp3) is 0.152. The molecule has 2 heterocycles. The lowest BCUT2D eigenvalue weighted by molar-refractivity contribution is -0.116. The summed E-state index contributed by atoms with van der Waals surface area (Å²) in [6.45, 7) is 0.186. The largest absolute Gasteiger partial charge is 0.454 e. The molecule has 4 aromatic rings. The number of allylic oxidation sites excluding steroid dienone is 1. The number of ether oxygens (including phenoxy) is 2. The van der Waals surface area contributed by atoms with Crippen LogP contribution in [0.1, 0.15) is 51.8 Å². The molecule has 2 N–H and O–H groups in total. The predicted octanol–water partition coefficient (Wildman–Crippen LogP) is 6.63. The van der Waals surface area contributed by atoms with Gasteiger partial charge in [0.15, 0.2) is 23.1 Å². The molecule has 0 fully saturated rings. The maximum Gasteiger partial charge on any atom is 0.231 e. The van der Waals surface area contributed by atoms with Gasteiger partial charge in [0.1, 0.15) is 0 Å². The van der Waals surface area contributed by atoms with Crippen molar-refractivity contribution in [2.75, 3.05) is 17.4 Å². The molecular weight excluding hydrogens is 488 g/mol. The van der Waals surface area contributed by atoms with Crippen molar-refractivity contribution < 1.29 is 19.1 Å². The number of hydrogen-bond acceptors (Lipinski definition) is 6. The summed E-state index contributed by atoms with van der Waals surface area (Å²) in [5.74, 6) is 1.48. The molecule has 0 saturated heterocycles. The van der Waals surface area contributed by atoms with Gasteiger partial charge in [-0.25, -0.2) is 0 Å². The Kier molecular flexibility index (Phi) is 5.66. The normalized spacial score (nSPS) is 19.3. The molecule has 2 atom stereocenters. The lowest BCUT2D eigenvalue weighted by Crippen LogP contribution is -2.26. The van der Waals surface area contributed by atoms with Crippen LogP contribution in [0.5, 0.6) is 11.5 Å². The van der Waals surface area contributed by atoms with Crippen LogP contribution < -0.4 is 20.1 Å². The molecule has 0 unspecified atom stereocenters. The van der Waals surface area contributed by atoms with Crippen LogP contribution >= 0.6 is 0 Å². The van der Waals surface area contributed by atoms with E-state index < -0.39 is 0 Å². The summed E-state index contributed by atoms with van der Waals surface area (Å²) < 4.78 is 11.2. The van der Waals surface area contributed by atoms with Crippen LogP contribution in [0.3, 0.4) is 0 Å². The lowest BCUT2D eigenvalue weighted by Gasteiger charge is -2.30. The Bertz CT molecular complexity index is 1630. The maximum atomic E-state index is 13.8. The lowest BCUT2D eigenvalue weighted by atomic mass is 9.78. The molecule has 0 saturated carbocycles. The Hall–Kier alpha value is -4.84. The highest BCUT2D eigenvalue weighted by Gasteiger charge is 2.36. The molecule has 0 radical (unpaired) electrons. The quantitative estimate of drug-likeness (QED) is 0.298. The van der Waals surface area contributed by atoms with Gasteiger partial charge < -0.3 is 20.1 Å². The van der Waals surface area contributed by atoms with E-state index in [1.807, 2.05) is 84.9 Å². The van der Waals surface area contributed by atoms with Gasteiger partial charge in [0, 0.05) is 28.8 Å². The van der Waals surface area contributed by atoms with Crippen LogP contribution in [0.4, 0.5) is 11.4 Å². The second kappa shape index (κ2) is 9.48. The van der Waals surface area contributed by atoms with E-state index in [0.717, 1.165) is 28.2 Å². The van der Waals surface area contributed by atoms with Crippen molar-refractivity contribution in [1.29, 1.82) is 0 Å². The highest BCUT2D eigenvalue weighted by atomic mass is 16.7. The second-order valence-electron chi connectivity index (χ2n) is 10.1. The molecule has 0 spiro atoms. The first kappa shape index (κ1) is 23.3. The number of benzene rings is 4. The van der Waals surface area contributed by atoms with Crippen LogP contribution in [0.2, 0.25) is 0 Å². The summed E-state index contributed by atoms with van der Waals surface area (Å²) in [5, 5.41) is 7.19. The molecule has 1 aliphatic carbocycles. The molecule has 4 aromatic carbocycles. The van der Waals surface area contributed by atoms with Crippen molar-refractivity contribution in [1.82, 2.24) is 0 Å². The zero-order chi connectivity index (χ0) is 26.3. The van der Waals surface area contributed by atoms with Crippen molar-refractivity contribution >= 4 is 22.9 Å². The van der Waals surface area contributed by atoms with E-state index in [4.69, 9.17) is 9.47 Å². The highest BCUT2D eigenvalue weighted by Crippen LogP contribution is 2.46. The average molecular weight is 515 g/mol. The van der Waals surface area contributed by atoms with E-state index in [1.54, 1.807) is 0 Å². The number of fused-ring (bicyclic) bond motifs is 2. The highest BCUT2D eigenvalue weighted by molar-refractivity contribution is 6.10. The number of carbonyl (C=O) groups excluding carboxylic acids is 2. The zero-order valence-electron chi connectivity index (χ0n) is 21.1. The topological polar surface area (TPSA) is 76.7 Å². The first-order chi connectivity index (χ1) is 19.1. The molecule has 2 aliphatic heterocycles. The molecule has 6 nitrogen and oxygen atoms in total. The molecule has 6 heteroatoms. The number of nitrogens with one attached hydrogen (secondary N) is 2. The average Bonchev–Trinajstić information content (AvgIpc) is 3.38. The second-order valence-corrected chi connectivity index (χ2v) is 10.1. The van der Waals surface area contributed by atoms with E-state index in [-0.39, 0.29) is 30.3 Å². The molecular formula is C33H26N2O4. The first-order valence-corrected chi connectivity index (χ1v) is 13.1. The number of anilines is 2. The van der Waals surface area contributed by atoms with E-state index in [1.165, 1.54) is 0 Å². The van der Waals surface area contributed by atoms with Gasteiger partial charge in [0.25, 0.3) is 0 Å². The summed E-state index contributed by atoms with van der Waals surface area (Å²) in [6.07, 6.45) is 1.12. The van der Waals surface area contributed by atoms with E-state index in [2.05, 4.69) is 22.8 Å². The third-order valence-electron chi connectivity index (χ3n) is 7.70. The third-order valence-corrected chi connectivity index (χ3v) is 7.70. The SMILES string of the molecule is O=C1C[C@H](c2ccccc2)CC2=C1[C@H](c1ccc3c(c1)OCO3)Nc1ccc(C(=O)c3ccccc3)cc1N2. The number of rotatable bonds is 4. The van der Waals surface area contributed by atoms with Crippen molar-refractivity contribution in [2.24, 2.45) is 0 Å². The van der Waals surface area contributed by atoms with E-state index in [0.29, 0.717) is 41.0 Å². The summed E-state index contributed by atoms with van der Waals surface area (Å²) in [7, 11) is 0. The fourth-order valence-electron chi connectivity index (χ4n) is 5.75. The molecule has 0 bridgehead atoms. The number of hydrogen-bond donors (Lipinski definition) is 2. The summed E-state index contributed by atoms with van der Waals surface area (Å²) in [4.78, 5) is 27.1. The maximum absolute atomic E-state index is 13.8. The molecule has 3 aliphatic rings. The van der Waals surface area contributed by atoms with Crippen LogP contribution in [0.15, 0.2) is 108 Å². The van der Waals surface area contributed by atoms with Gasteiger partial charge in [-0.05, 0) is 53.8 Å². The Labute approximate surface area is 226 Å². The van der Waals surface area contributed by atoms with Gasteiger partial charge in [-0.15, -0.1) is 0 Å². The van der Waals surface area contributed by atoms with Crippen molar-refractivity contribution in [3.05, 3.63) is 131 Å². The van der Waals surface area contributed by atoms with Crippen LogP contribution in [0.25, 0.3) is 0 Å². The van der Waals surface area contributed by atoms with Crippen LogP contribution in [0, 0.1) is 0 Å². The van der Waals surface area contributed by atoms with Crippen molar-refractivity contribution in [3.63, 3.8) is 0 Å². The summed E-state index contributed by atoms with van der Waals surface area (Å²) in [6, 6.07) is 30.5. The minimum absolute atomic E-state index is 0.0483. The number of ketones is 2. The Morgan fingerprint density at radius 3 is 2.31 bits per heavy atom. The van der Waals surface area contributed by atoms with Crippen LogP contribution in [-0.2, 0) is 4.79 Å².